The average molecular weight is 312 g/mol. The summed E-state index contributed by atoms with van der Waals surface area (Å²) in [6, 6.07) is 4.73. The van der Waals surface area contributed by atoms with Crippen LogP contribution in [0.25, 0.3) is 0 Å². The SMILES string of the molecule is CC1(C)CC(Nc2nc3c(cc2C#N)CCCC3)CC(C)(C)N1. The van der Waals surface area contributed by atoms with Crippen molar-refractivity contribution in [3.05, 3.63) is 22.9 Å². The van der Waals surface area contributed by atoms with E-state index in [1.165, 1.54) is 24.1 Å². The lowest BCUT2D eigenvalue weighted by Gasteiger charge is -2.46. The predicted molar refractivity (Wildman–Crippen MR) is 93.5 cm³/mol. The highest BCUT2D eigenvalue weighted by Gasteiger charge is 2.38. The number of anilines is 1. The number of piperidine rings is 1. The van der Waals surface area contributed by atoms with Crippen molar-refractivity contribution >= 4 is 5.82 Å². The van der Waals surface area contributed by atoms with E-state index in [-0.39, 0.29) is 11.1 Å². The Morgan fingerprint density at radius 1 is 1.17 bits per heavy atom. The first-order chi connectivity index (χ1) is 10.8. The van der Waals surface area contributed by atoms with E-state index in [9.17, 15) is 5.26 Å². The number of nitrogens with one attached hydrogen (secondary N) is 2. The molecule has 2 aliphatic rings. The van der Waals surface area contributed by atoms with Crippen molar-refractivity contribution in [3.63, 3.8) is 0 Å². The fraction of sp³-hybridized carbons (Fsp3) is 0.684. The molecule has 1 fully saturated rings. The zero-order valence-electron chi connectivity index (χ0n) is 14.8. The zero-order chi connectivity index (χ0) is 16.7. The van der Waals surface area contributed by atoms with Crippen molar-refractivity contribution in [2.24, 2.45) is 0 Å². The van der Waals surface area contributed by atoms with Gasteiger partial charge < -0.3 is 10.6 Å². The Kier molecular flexibility index (Phi) is 4.10. The van der Waals surface area contributed by atoms with Crippen molar-refractivity contribution in [1.29, 1.82) is 5.26 Å². The minimum absolute atomic E-state index is 0.0838. The van der Waals surface area contributed by atoms with Crippen LogP contribution in [0.5, 0.6) is 0 Å². The van der Waals surface area contributed by atoms with Crippen LogP contribution in [-0.2, 0) is 12.8 Å². The van der Waals surface area contributed by atoms with E-state index in [0.717, 1.165) is 31.5 Å². The molecule has 4 heteroatoms. The number of fused-ring (bicyclic) bond motifs is 1. The molecule has 0 atom stereocenters. The van der Waals surface area contributed by atoms with E-state index in [0.29, 0.717) is 11.6 Å². The van der Waals surface area contributed by atoms with E-state index >= 15 is 0 Å². The lowest BCUT2D eigenvalue weighted by Crippen LogP contribution is -2.60. The topological polar surface area (TPSA) is 60.7 Å². The molecule has 3 rings (SSSR count). The van der Waals surface area contributed by atoms with E-state index in [2.05, 4.69) is 50.5 Å². The maximum absolute atomic E-state index is 9.51. The molecule has 4 nitrogen and oxygen atoms in total. The molecule has 2 N–H and O–H groups in total. The molecule has 0 unspecified atom stereocenters. The van der Waals surface area contributed by atoms with Gasteiger partial charge in [-0.25, -0.2) is 4.98 Å². The summed E-state index contributed by atoms with van der Waals surface area (Å²) in [5.41, 5.74) is 3.32. The molecule has 1 aliphatic carbocycles. The van der Waals surface area contributed by atoms with E-state index in [1.807, 2.05) is 0 Å². The molecular formula is C19H28N4. The largest absolute Gasteiger partial charge is 0.366 e. The van der Waals surface area contributed by atoms with Crippen LogP contribution in [0.4, 0.5) is 5.82 Å². The smallest absolute Gasteiger partial charge is 0.144 e. The van der Waals surface area contributed by atoms with Gasteiger partial charge in [0.25, 0.3) is 0 Å². The van der Waals surface area contributed by atoms with Gasteiger partial charge in [0.2, 0.25) is 0 Å². The number of nitrogens with zero attached hydrogens (tertiary/aromatic N) is 2. The number of aromatic nitrogens is 1. The van der Waals surface area contributed by atoms with E-state index in [4.69, 9.17) is 4.98 Å². The molecule has 1 aliphatic heterocycles. The maximum Gasteiger partial charge on any atom is 0.144 e. The Morgan fingerprint density at radius 2 is 1.83 bits per heavy atom. The molecular weight excluding hydrogens is 284 g/mol. The van der Waals surface area contributed by atoms with Gasteiger partial charge >= 0.3 is 0 Å². The Bertz CT molecular complexity index is 624. The van der Waals surface area contributed by atoms with Gasteiger partial charge in [-0.2, -0.15) is 5.26 Å². The first-order valence-electron chi connectivity index (χ1n) is 8.77. The molecule has 0 spiro atoms. The number of aryl methyl sites for hydroxylation is 2. The molecule has 0 bridgehead atoms. The molecule has 0 radical (unpaired) electrons. The molecule has 0 amide bonds. The van der Waals surface area contributed by atoms with Crippen LogP contribution in [0.3, 0.4) is 0 Å². The van der Waals surface area contributed by atoms with Crippen molar-refractivity contribution in [2.45, 2.75) is 83.3 Å². The highest BCUT2D eigenvalue weighted by atomic mass is 15.1. The van der Waals surface area contributed by atoms with Crippen LogP contribution in [0.2, 0.25) is 0 Å². The lowest BCUT2D eigenvalue weighted by atomic mass is 9.79. The summed E-state index contributed by atoms with van der Waals surface area (Å²) in [5.74, 6) is 0.784. The summed E-state index contributed by atoms with van der Waals surface area (Å²) in [6.07, 6.45) is 6.57. The summed E-state index contributed by atoms with van der Waals surface area (Å²) < 4.78 is 0. The van der Waals surface area contributed by atoms with Gasteiger partial charge in [-0.1, -0.05) is 0 Å². The van der Waals surface area contributed by atoms with Gasteiger partial charge in [-0.15, -0.1) is 0 Å². The molecule has 0 saturated carbocycles. The quantitative estimate of drug-likeness (QED) is 0.876. The van der Waals surface area contributed by atoms with Crippen molar-refractivity contribution in [2.75, 3.05) is 5.32 Å². The third kappa shape index (κ3) is 3.67. The zero-order valence-corrected chi connectivity index (χ0v) is 14.8. The van der Waals surface area contributed by atoms with Gasteiger partial charge in [0.05, 0.1) is 5.56 Å². The van der Waals surface area contributed by atoms with Gasteiger partial charge in [0.15, 0.2) is 0 Å². The van der Waals surface area contributed by atoms with Crippen LogP contribution in [0, 0.1) is 11.3 Å². The van der Waals surface area contributed by atoms with E-state index < -0.39 is 0 Å². The van der Waals surface area contributed by atoms with Crippen LogP contribution in [0.15, 0.2) is 6.07 Å². The standard InChI is InChI=1S/C19H28N4/c1-18(2)10-15(11-19(3,4)23-18)21-17-14(12-20)9-13-7-5-6-8-16(13)22-17/h9,15,23H,5-8,10-11H2,1-4H3,(H,21,22). The van der Waals surface area contributed by atoms with Crippen molar-refractivity contribution in [1.82, 2.24) is 10.3 Å². The average Bonchev–Trinajstić information content (AvgIpc) is 2.43. The summed E-state index contributed by atoms with van der Waals surface area (Å²) in [6.45, 7) is 8.98. The second-order valence-corrected chi connectivity index (χ2v) is 8.45. The third-order valence-electron chi connectivity index (χ3n) is 4.95. The van der Waals surface area contributed by atoms with Gasteiger partial charge in [-0.05, 0) is 77.8 Å². The van der Waals surface area contributed by atoms with Crippen LogP contribution in [0.1, 0.15) is 70.2 Å². The number of pyridine rings is 1. The second kappa shape index (κ2) is 5.79. The summed E-state index contributed by atoms with van der Waals surface area (Å²) in [5, 5.41) is 16.8. The highest BCUT2D eigenvalue weighted by molar-refractivity contribution is 5.55. The fourth-order valence-electron chi connectivity index (χ4n) is 4.45. The van der Waals surface area contributed by atoms with E-state index in [1.54, 1.807) is 0 Å². The first kappa shape index (κ1) is 16.3. The van der Waals surface area contributed by atoms with Crippen molar-refractivity contribution < 1.29 is 0 Å². The molecule has 1 aromatic rings. The lowest BCUT2D eigenvalue weighted by molar-refractivity contribution is 0.170. The predicted octanol–water partition coefficient (Wildman–Crippen LogP) is 3.55. The normalized spacial score (nSPS) is 22.9. The molecule has 0 aromatic carbocycles. The maximum atomic E-state index is 9.51. The highest BCUT2D eigenvalue weighted by Crippen LogP contribution is 2.31. The minimum atomic E-state index is 0.0838. The number of hydrogen-bond acceptors (Lipinski definition) is 4. The Hall–Kier alpha value is -1.60. The Labute approximate surface area is 139 Å². The van der Waals surface area contributed by atoms with Gasteiger partial charge in [0.1, 0.15) is 11.9 Å². The van der Waals surface area contributed by atoms with Crippen LogP contribution < -0.4 is 10.6 Å². The van der Waals surface area contributed by atoms with Gasteiger partial charge in [-0.3, -0.25) is 0 Å². The number of rotatable bonds is 2. The fourth-order valence-corrected chi connectivity index (χ4v) is 4.45. The summed E-state index contributed by atoms with van der Waals surface area (Å²) in [7, 11) is 0. The third-order valence-corrected chi connectivity index (χ3v) is 4.95. The molecule has 23 heavy (non-hydrogen) atoms. The minimum Gasteiger partial charge on any atom is -0.366 e. The summed E-state index contributed by atoms with van der Waals surface area (Å²) >= 11 is 0. The molecule has 2 heterocycles. The first-order valence-corrected chi connectivity index (χ1v) is 8.77. The monoisotopic (exact) mass is 312 g/mol. The van der Waals surface area contributed by atoms with Crippen LogP contribution >= 0.6 is 0 Å². The number of hydrogen-bond donors (Lipinski definition) is 2. The molecule has 124 valence electrons. The second-order valence-electron chi connectivity index (χ2n) is 8.45. The Morgan fingerprint density at radius 3 is 2.48 bits per heavy atom. The Balaban J connectivity index is 1.86. The summed E-state index contributed by atoms with van der Waals surface area (Å²) in [4.78, 5) is 4.82. The van der Waals surface area contributed by atoms with Crippen LogP contribution in [-0.4, -0.2) is 22.1 Å². The van der Waals surface area contributed by atoms with Crippen molar-refractivity contribution in [3.8, 4) is 6.07 Å². The molecule has 1 saturated heterocycles. The molecule has 1 aromatic heterocycles. The number of nitriles is 1. The van der Waals surface area contributed by atoms with Gasteiger partial charge in [0, 0.05) is 22.8 Å².